The Morgan fingerprint density at radius 3 is 2.67 bits per heavy atom. The standard InChI is InChI=1S/C16H21N3O2/c1-5-6-14-15(16(20)21-4)17-18-19(14)10-13-8-7-11(2)12(3)9-13/h7-9H,5-6,10H2,1-4H3. The average molecular weight is 287 g/mol. The van der Waals surface area contributed by atoms with Gasteiger partial charge in [0, 0.05) is 0 Å². The van der Waals surface area contributed by atoms with E-state index in [1.54, 1.807) is 4.68 Å². The molecule has 0 aliphatic rings. The molecule has 21 heavy (non-hydrogen) atoms. The van der Waals surface area contributed by atoms with Crippen LogP contribution in [0.5, 0.6) is 0 Å². The van der Waals surface area contributed by atoms with E-state index < -0.39 is 5.97 Å². The van der Waals surface area contributed by atoms with Gasteiger partial charge in [0.1, 0.15) is 0 Å². The second-order valence-corrected chi connectivity index (χ2v) is 5.20. The van der Waals surface area contributed by atoms with E-state index in [1.165, 1.54) is 18.2 Å². The average Bonchev–Trinajstić information content (AvgIpc) is 2.85. The van der Waals surface area contributed by atoms with Crippen molar-refractivity contribution in [2.45, 2.75) is 40.2 Å². The highest BCUT2D eigenvalue weighted by Gasteiger charge is 2.19. The molecule has 0 unspecified atom stereocenters. The van der Waals surface area contributed by atoms with Crippen molar-refractivity contribution in [2.75, 3.05) is 7.11 Å². The molecule has 1 heterocycles. The number of ether oxygens (including phenoxy) is 1. The molecule has 5 nitrogen and oxygen atoms in total. The van der Waals surface area contributed by atoms with Gasteiger partial charge >= 0.3 is 5.97 Å². The quantitative estimate of drug-likeness (QED) is 0.793. The maximum atomic E-state index is 11.7. The second kappa shape index (κ2) is 6.52. The predicted octanol–water partition coefficient (Wildman–Crippen LogP) is 2.68. The van der Waals surface area contributed by atoms with Gasteiger partial charge in [-0.25, -0.2) is 9.48 Å². The molecule has 0 radical (unpaired) electrons. The highest BCUT2D eigenvalue weighted by molar-refractivity contribution is 5.88. The minimum absolute atomic E-state index is 0.322. The molecule has 112 valence electrons. The Labute approximate surface area is 124 Å². The van der Waals surface area contributed by atoms with Crippen LogP contribution in [-0.4, -0.2) is 28.1 Å². The van der Waals surface area contributed by atoms with Crippen LogP contribution in [0.25, 0.3) is 0 Å². The molecular weight excluding hydrogens is 266 g/mol. The smallest absolute Gasteiger partial charge is 0.360 e. The van der Waals surface area contributed by atoms with Crippen LogP contribution >= 0.6 is 0 Å². The van der Waals surface area contributed by atoms with Crippen molar-refractivity contribution >= 4 is 5.97 Å². The molecule has 0 N–H and O–H groups in total. The van der Waals surface area contributed by atoms with Crippen molar-refractivity contribution in [3.8, 4) is 0 Å². The van der Waals surface area contributed by atoms with Crippen molar-refractivity contribution in [1.82, 2.24) is 15.0 Å². The molecule has 0 fully saturated rings. The van der Waals surface area contributed by atoms with E-state index in [1.807, 2.05) is 0 Å². The largest absolute Gasteiger partial charge is 0.464 e. The fourth-order valence-electron chi connectivity index (χ4n) is 2.27. The molecular formula is C16H21N3O2. The van der Waals surface area contributed by atoms with Gasteiger partial charge in [-0.1, -0.05) is 36.8 Å². The Morgan fingerprint density at radius 1 is 1.29 bits per heavy atom. The van der Waals surface area contributed by atoms with Gasteiger partial charge in [-0.2, -0.15) is 0 Å². The third kappa shape index (κ3) is 3.29. The monoisotopic (exact) mass is 287 g/mol. The Kier molecular flexibility index (Phi) is 4.73. The Hall–Kier alpha value is -2.17. The van der Waals surface area contributed by atoms with Crippen molar-refractivity contribution in [3.63, 3.8) is 0 Å². The lowest BCUT2D eigenvalue weighted by Gasteiger charge is -2.08. The van der Waals surface area contributed by atoms with Gasteiger partial charge in [0.05, 0.1) is 19.3 Å². The molecule has 0 atom stereocenters. The minimum atomic E-state index is -0.426. The number of hydrogen-bond donors (Lipinski definition) is 0. The lowest BCUT2D eigenvalue weighted by atomic mass is 10.1. The molecule has 0 aliphatic carbocycles. The SMILES string of the molecule is CCCc1c(C(=O)OC)nnn1Cc1ccc(C)c(C)c1. The summed E-state index contributed by atoms with van der Waals surface area (Å²) in [5.74, 6) is -0.426. The highest BCUT2D eigenvalue weighted by atomic mass is 16.5. The molecule has 0 bridgehead atoms. The molecule has 2 rings (SSSR count). The zero-order chi connectivity index (χ0) is 15.4. The summed E-state index contributed by atoms with van der Waals surface area (Å²) in [6.07, 6.45) is 1.67. The number of hydrogen-bond acceptors (Lipinski definition) is 4. The first kappa shape index (κ1) is 15.2. The van der Waals surface area contributed by atoms with Crippen molar-refractivity contribution in [2.24, 2.45) is 0 Å². The van der Waals surface area contributed by atoms with E-state index in [4.69, 9.17) is 4.74 Å². The van der Waals surface area contributed by atoms with Gasteiger partial charge in [-0.3, -0.25) is 0 Å². The number of benzene rings is 1. The Bertz CT molecular complexity index is 647. The Balaban J connectivity index is 2.32. The molecule has 1 aromatic heterocycles. The van der Waals surface area contributed by atoms with E-state index in [0.29, 0.717) is 12.2 Å². The van der Waals surface area contributed by atoms with Crippen LogP contribution < -0.4 is 0 Å². The van der Waals surface area contributed by atoms with Gasteiger partial charge in [0.2, 0.25) is 0 Å². The number of rotatable bonds is 5. The number of aromatic nitrogens is 3. The normalized spacial score (nSPS) is 10.7. The van der Waals surface area contributed by atoms with Crippen LogP contribution in [0.4, 0.5) is 0 Å². The number of aryl methyl sites for hydroxylation is 2. The summed E-state index contributed by atoms with van der Waals surface area (Å²) in [4.78, 5) is 11.7. The topological polar surface area (TPSA) is 57.0 Å². The van der Waals surface area contributed by atoms with E-state index in [9.17, 15) is 4.79 Å². The number of carbonyl (C=O) groups is 1. The van der Waals surface area contributed by atoms with E-state index in [-0.39, 0.29) is 0 Å². The van der Waals surface area contributed by atoms with E-state index >= 15 is 0 Å². The highest BCUT2D eigenvalue weighted by Crippen LogP contribution is 2.15. The zero-order valence-corrected chi connectivity index (χ0v) is 13.0. The Morgan fingerprint density at radius 2 is 2.05 bits per heavy atom. The van der Waals surface area contributed by atoms with Gasteiger partial charge in [0.25, 0.3) is 0 Å². The lowest BCUT2D eigenvalue weighted by molar-refractivity contribution is 0.0592. The van der Waals surface area contributed by atoms with Crippen LogP contribution in [-0.2, 0) is 17.7 Å². The van der Waals surface area contributed by atoms with Crippen LogP contribution in [0, 0.1) is 13.8 Å². The van der Waals surface area contributed by atoms with Crippen LogP contribution in [0.15, 0.2) is 18.2 Å². The fourth-order valence-corrected chi connectivity index (χ4v) is 2.27. The van der Waals surface area contributed by atoms with Crippen molar-refractivity contribution in [1.29, 1.82) is 0 Å². The fraction of sp³-hybridized carbons (Fsp3) is 0.438. The molecule has 2 aromatic rings. The summed E-state index contributed by atoms with van der Waals surface area (Å²) in [5.41, 5.74) is 4.82. The van der Waals surface area contributed by atoms with Crippen molar-refractivity contribution in [3.05, 3.63) is 46.3 Å². The first-order valence-corrected chi connectivity index (χ1v) is 7.13. The minimum Gasteiger partial charge on any atom is -0.464 e. The maximum Gasteiger partial charge on any atom is 0.360 e. The molecule has 0 saturated heterocycles. The summed E-state index contributed by atoms with van der Waals surface area (Å²) in [6, 6.07) is 6.32. The summed E-state index contributed by atoms with van der Waals surface area (Å²) in [6.45, 7) is 6.86. The predicted molar refractivity (Wildman–Crippen MR) is 80.4 cm³/mol. The summed E-state index contributed by atoms with van der Waals surface area (Å²) >= 11 is 0. The lowest BCUT2D eigenvalue weighted by Crippen LogP contribution is -2.10. The molecule has 0 saturated carbocycles. The van der Waals surface area contributed by atoms with Gasteiger partial charge < -0.3 is 4.74 Å². The zero-order valence-electron chi connectivity index (χ0n) is 13.0. The van der Waals surface area contributed by atoms with Gasteiger partial charge in [-0.05, 0) is 37.0 Å². The third-order valence-corrected chi connectivity index (χ3v) is 3.61. The maximum absolute atomic E-state index is 11.7. The van der Waals surface area contributed by atoms with Crippen LogP contribution in [0.3, 0.4) is 0 Å². The summed E-state index contributed by atoms with van der Waals surface area (Å²) < 4.78 is 6.56. The molecule has 5 heteroatoms. The van der Waals surface area contributed by atoms with Crippen LogP contribution in [0.2, 0.25) is 0 Å². The molecule has 0 amide bonds. The number of nitrogens with zero attached hydrogens (tertiary/aromatic N) is 3. The number of methoxy groups -OCH3 is 1. The summed E-state index contributed by atoms with van der Waals surface area (Å²) in [5, 5.41) is 8.10. The molecule has 1 aromatic carbocycles. The molecule has 0 spiro atoms. The molecule has 0 aliphatic heterocycles. The first-order chi connectivity index (χ1) is 10.1. The number of esters is 1. The second-order valence-electron chi connectivity index (χ2n) is 5.20. The van der Waals surface area contributed by atoms with Crippen molar-refractivity contribution < 1.29 is 9.53 Å². The number of carbonyl (C=O) groups excluding carboxylic acids is 1. The third-order valence-electron chi connectivity index (χ3n) is 3.61. The summed E-state index contributed by atoms with van der Waals surface area (Å²) in [7, 11) is 1.36. The van der Waals surface area contributed by atoms with E-state index in [0.717, 1.165) is 24.1 Å². The first-order valence-electron chi connectivity index (χ1n) is 7.13. The van der Waals surface area contributed by atoms with E-state index in [2.05, 4.69) is 49.3 Å². The van der Waals surface area contributed by atoms with Gasteiger partial charge in [-0.15, -0.1) is 5.10 Å². The van der Waals surface area contributed by atoms with Crippen LogP contribution in [0.1, 0.15) is 46.2 Å². The van der Waals surface area contributed by atoms with Gasteiger partial charge in [0.15, 0.2) is 5.69 Å².